The molecular formula is C8H7NO. The van der Waals surface area contributed by atoms with Crippen molar-refractivity contribution in [3.8, 4) is 0 Å². The van der Waals surface area contributed by atoms with E-state index in [2.05, 4.69) is 17.1 Å². The third kappa shape index (κ3) is 0.778. The fourth-order valence-electron chi connectivity index (χ4n) is 0.996. The van der Waals surface area contributed by atoms with E-state index < -0.39 is 0 Å². The van der Waals surface area contributed by atoms with Gasteiger partial charge in [-0.15, -0.1) is 0 Å². The number of nitrogens with zero attached hydrogens (tertiary/aromatic N) is 1. The van der Waals surface area contributed by atoms with Crippen molar-refractivity contribution in [1.82, 2.24) is 0 Å². The van der Waals surface area contributed by atoms with Crippen molar-refractivity contribution in [3.63, 3.8) is 0 Å². The van der Waals surface area contributed by atoms with Crippen molar-refractivity contribution in [2.24, 2.45) is 4.99 Å². The molecule has 0 bridgehead atoms. The molecule has 0 aromatic carbocycles. The Morgan fingerprint density at radius 2 is 2.50 bits per heavy atom. The summed E-state index contributed by atoms with van der Waals surface area (Å²) >= 11 is 0. The normalized spacial score (nSPS) is 20.8. The van der Waals surface area contributed by atoms with Gasteiger partial charge in [0.15, 0.2) is 6.40 Å². The van der Waals surface area contributed by atoms with Crippen molar-refractivity contribution in [2.45, 2.75) is 6.42 Å². The van der Waals surface area contributed by atoms with Crippen LogP contribution in [-0.2, 0) is 4.74 Å². The third-order valence-electron chi connectivity index (χ3n) is 1.49. The Morgan fingerprint density at radius 1 is 1.50 bits per heavy atom. The average molecular weight is 133 g/mol. The second kappa shape index (κ2) is 2.14. The zero-order chi connectivity index (χ0) is 6.81. The van der Waals surface area contributed by atoms with Crippen LogP contribution in [0.4, 0.5) is 0 Å². The summed E-state index contributed by atoms with van der Waals surface area (Å²) in [5.41, 5.74) is 2.09. The molecule has 0 unspecified atom stereocenters. The molecule has 0 fully saturated rings. The Labute approximate surface area is 59.2 Å². The highest BCUT2D eigenvalue weighted by atomic mass is 16.5. The van der Waals surface area contributed by atoms with Crippen LogP contribution in [0.2, 0.25) is 0 Å². The zero-order valence-electron chi connectivity index (χ0n) is 5.45. The SMILES string of the molecule is C1=CC2=COC=NC2=CC1. The molecule has 0 saturated carbocycles. The molecular weight excluding hydrogens is 126 g/mol. The Hall–Kier alpha value is -1.31. The van der Waals surface area contributed by atoms with Crippen molar-refractivity contribution in [1.29, 1.82) is 0 Å². The maximum atomic E-state index is 4.89. The molecule has 2 nitrogen and oxygen atoms in total. The molecule has 2 rings (SSSR count). The van der Waals surface area contributed by atoms with Crippen molar-refractivity contribution >= 4 is 6.40 Å². The number of ether oxygens (including phenoxy) is 1. The minimum Gasteiger partial charge on any atom is -0.453 e. The molecule has 0 spiro atoms. The lowest BCUT2D eigenvalue weighted by Crippen LogP contribution is -1.96. The van der Waals surface area contributed by atoms with Crippen LogP contribution in [0.5, 0.6) is 0 Å². The minimum atomic E-state index is 0.976. The van der Waals surface area contributed by atoms with Gasteiger partial charge in [-0.2, -0.15) is 0 Å². The molecule has 1 aliphatic carbocycles. The first kappa shape index (κ1) is 5.47. The van der Waals surface area contributed by atoms with Gasteiger partial charge in [-0.25, -0.2) is 4.99 Å². The summed E-state index contributed by atoms with van der Waals surface area (Å²) in [5, 5.41) is 0. The van der Waals surface area contributed by atoms with Crippen LogP contribution < -0.4 is 0 Å². The molecule has 50 valence electrons. The molecule has 0 N–H and O–H groups in total. The first-order valence-electron chi connectivity index (χ1n) is 3.22. The molecule has 0 aromatic rings. The van der Waals surface area contributed by atoms with E-state index in [-0.39, 0.29) is 0 Å². The van der Waals surface area contributed by atoms with E-state index in [1.165, 1.54) is 6.40 Å². The smallest absolute Gasteiger partial charge is 0.180 e. The number of hydrogen-bond donors (Lipinski definition) is 0. The van der Waals surface area contributed by atoms with Gasteiger partial charge in [0.25, 0.3) is 0 Å². The van der Waals surface area contributed by atoms with Gasteiger partial charge in [-0.1, -0.05) is 18.2 Å². The lowest BCUT2D eigenvalue weighted by Gasteiger charge is -2.09. The lowest BCUT2D eigenvalue weighted by atomic mass is 10.1. The Balaban J connectivity index is 2.38. The Kier molecular flexibility index (Phi) is 1.17. The van der Waals surface area contributed by atoms with Gasteiger partial charge in [0, 0.05) is 5.57 Å². The summed E-state index contributed by atoms with van der Waals surface area (Å²) in [6.07, 6.45) is 10.3. The fourth-order valence-corrected chi connectivity index (χ4v) is 0.996. The monoisotopic (exact) mass is 133 g/mol. The highest BCUT2D eigenvalue weighted by molar-refractivity contribution is 5.58. The molecule has 0 aromatic heterocycles. The maximum Gasteiger partial charge on any atom is 0.180 e. The Bertz CT molecular complexity index is 230. The summed E-state index contributed by atoms with van der Waals surface area (Å²) in [5.74, 6) is 0. The predicted octanol–water partition coefficient (Wildman–Crippen LogP) is 1.77. The van der Waals surface area contributed by atoms with E-state index in [1.54, 1.807) is 6.26 Å². The van der Waals surface area contributed by atoms with Crippen LogP contribution in [-0.4, -0.2) is 6.40 Å². The maximum absolute atomic E-state index is 4.89. The second-order valence-corrected chi connectivity index (χ2v) is 2.17. The molecule has 1 heterocycles. The van der Waals surface area contributed by atoms with Gasteiger partial charge in [-0.3, -0.25) is 0 Å². The van der Waals surface area contributed by atoms with Gasteiger partial charge < -0.3 is 4.74 Å². The van der Waals surface area contributed by atoms with Crippen LogP contribution in [0.1, 0.15) is 6.42 Å². The summed E-state index contributed by atoms with van der Waals surface area (Å²) in [6.45, 7) is 0. The highest BCUT2D eigenvalue weighted by Gasteiger charge is 2.06. The molecule has 0 amide bonds. The molecule has 2 heteroatoms. The summed E-state index contributed by atoms with van der Waals surface area (Å²) in [6, 6.07) is 0. The zero-order valence-corrected chi connectivity index (χ0v) is 5.45. The van der Waals surface area contributed by atoms with Gasteiger partial charge >= 0.3 is 0 Å². The highest BCUT2D eigenvalue weighted by Crippen LogP contribution is 2.20. The molecule has 2 aliphatic rings. The van der Waals surface area contributed by atoms with E-state index in [9.17, 15) is 0 Å². The van der Waals surface area contributed by atoms with E-state index >= 15 is 0 Å². The summed E-state index contributed by atoms with van der Waals surface area (Å²) in [4.78, 5) is 4.05. The van der Waals surface area contributed by atoms with E-state index in [0.717, 1.165) is 17.7 Å². The minimum absolute atomic E-state index is 0.976. The molecule has 0 atom stereocenters. The van der Waals surface area contributed by atoms with E-state index in [4.69, 9.17) is 4.74 Å². The van der Waals surface area contributed by atoms with Gasteiger partial charge in [0.1, 0.15) is 6.26 Å². The number of rotatable bonds is 0. The number of aliphatic imine (C=N–C) groups is 1. The second-order valence-electron chi connectivity index (χ2n) is 2.17. The van der Waals surface area contributed by atoms with Gasteiger partial charge in [-0.05, 0) is 6.42 Å². The average Bonchev–Trinajstić information content (AvgIpc) is 2.05. The standard InChI is InChI=1S/C8H7NO/c1-2-4-8-7(3-1)5-10-6-9-8/h1,3-6H,2H2. The first-order chi connectivity index (χ1) is 4.97. The topological polar surface area (TPSA) is 21.6 Å². The largest absolute Gasteiger partial charge is 0.453 e. The Morgan fingerprint density at radius 3 is 3.40 bits per heavy atom. The van der Waals surface area contributed by atoms with Crippen molar-refractivity contribution in [2.75, 3.05) is 0 Å². The number of allylic oxidation sites excluding steroid dienone is 3. The van der Waals surface area contributed by atoms with Gasteiger partial charge in [0.2, 0.25) is 0 Å². The molecule has 10 heavy (non-hydrogen) atoms. The summed E-state index contributed by atoms with van der Waals surface area (Å²) < 4.78 is 4.89. The van der Waals surface area contributed by atoms with Gasteiger partial charge in [0.05, 0.1) is 5.70 Å². The fraction of sp³-hybridized carbons (Fsp3) is 0.125. The molecule has 0 saturated heterocycles. The molecule has 1 aliphatic heterocycles. The van der Waals surface area contributed by atoms with Crippen LogP contribution in [0.3, 0.4) is 0 Å². The van der Waals surface area contributed by atoms with E-state index in [1.807, 2.05) is 6.08 Å². The van der Waals surface area contributed by atoms with Crippen LogP contribution in [0, 0.1) is 0 Å². The number of fused-ring (bicyclic) bond motifs is 1. The summed E-state index contributed by atoms with van der Waals surface area (Å²) in [7, 11) is 0. The van der Waals surface area contributed by atoms with Crippen LogP contribution >= 0.6 is 0 Å². The third-order valence-corrected chi connectivity index (χ3v) is 1.49. The van der Waals surface area contributed by atoms with Crippen LogP contribution in [0.25, 0.3) is 0 Å². The predicted molar refractivity (Wildman–Crippen MR) is 39.5 cm³/mol. The number of hydrogen-bond acceptors (Lipinski definition) is 2. The van der Waals surface area contributed by atoms with Crippen LogP contribution in [0.15, 0.2) is 40.8 Å². The first-order valence-corrected chi connectivity index (χ1v) is 3.22. The van der Waals surface area contributed by atoms with Crippen molar-refractivity contribution < 1.29 is 4.74 Å². The lowest BCUT2D eigenvalue weighted by molar-refractivity contribution is 0.482. The van der Waals surface area contributed by atoms with E-state index in [0.29, 0.717) is 0 Å². The molecule has 0 radical (unpaired) electrons. The van der Waals surface area contributed by atoms with Crippen molar-refractivity contribution in [3.05, 3.63) is 35.8 Å². The quantitative estimate of drug-likeness (QED) is 0.493.